The fourth-order valence-corrected chi connectivity index (χ4v) is 4.94. The average molecular weight is 469 g/mol. The van der Waals surface area contributed by atoms with E-state index >= 15 is 0 Å². The maximum absolute atomic E-state index is 12.5. The third-order valence-corrected chi connectivity index (χ3v) is 6.22. The standard InChI is InChI=1S/C23H44N6O4/c1-24(2)22(25(3)4)28-13-9-18(10-14-28)20(30)32-17-33-21(31)19-11-15-29(16-12-19)23(26(5)6)27(7)8/h18-19H,9-17H2,1-8H3/q+2. The topological polar surface area (TPSA) is 71.6 Å². The number of esters is 2. The van der Waals surface area contributed by atoms with Crippen LogP contribution in [0.2, 0.25) is 0 Å². The van der Waals surface area contributed by atoms with Crippen molar-refractivity contribution in [2.75, 3.05) is 89.4 Å². The fourth-order valence-electron chi connectivity index (χ4n) is 4.94. The molecule has 2 saturated heterocycles. The van der Waals surface area contributed by atoms with Crippen molar-refractivity contribution in [3.8, 4) is 0 Å². The highest BCUT2D eigenvalue weighted by Gasteiger charge is 2.34. The van der Waals surface area contributed by atoms with Crippen molar-refractivity contribution in [3.05, 3.63) is 0 Å². The van der Waals surface area contributed by atoms with Crippen LogP contribution < -0.4 is 0 Å². The summed E-state index contributed by atoms with van der Waals surface area (Å²) in [6.07, 6.45) is 2.92. The molecule has 2 rings (SSSR count). The minimum absolute atomic E-state index is 0.153. The van der Waals surface area contributed by atoms with Gasteiger partial charge >= 0.3 is 23.9 Å². The summed E-state index contributed by atoms with van der Waals surface area (Å²) in [5.41, 5.74) is 0. The molecule has 10 nitrogen and oxygen atoms in total. The molecule has 0 N–H and O–H groups in total. The third-order valence-electron chi connectivity index (χ3n) is 6.22. The molecule has 0 aromatic rings. The molecule has 2 aliphatic heterocycles. The van der Waals surface area contributed by atoms with Gasteiger partial charge in [-0.2, -0.15) is 0 Å². The molecule has 2 aliphatic rings. The lowest BCUT2D eigenvalue weighted by Gasteiger charge is -2.31. The van der Waals surface area contributed by atoms with Crippen LogP contribution >= 0.6 is 0 Å². The summed E-state index contributed by atoms with van der Waals surface area (Å²) >= 11 is 0. The molecule has 0 spiro atoms. The van der Waals surface area contributed by atoms with Gasteiger partial charge in [0, 0.05) is 0 Å². The lowest BCUT2D eigenvalue weighted by atomic mass is 9.97. The Morgan fingerprint density at radius 2 is 1.00 bits per heavy atom. The lowest BCUT2D eigenvalue weighted by molar-refractivity contribution is -0.476. The molecular weight excluding hydrogens is 424 g/mol. The van der Waals surface area contributed by atoms with Crippen LogP contribution in [0.5, 0.6) is 0 Å². The summed E-state index contributed by atoms with van der Waals surface area (Å²) in [7, 11) is 16.2. The molecule has 33 heavy (non-hydrogen) atoms. The Kier molecular flexibility index (Phi) is 9.79. The van der Waals surface area contributed by atoms with Crippen LogP contribution in [0.15, 0.2) is 0 Å². The number of likely N-dealkylation sites (tertiary alicyclic amines) is 2. The van der Waals surface area contributed by atoms with Gasteiger partial charge in [0.15, 0.2) is 0 Å². The number of ether oxygens (including phenoxy) is 2. The molecule has 0 bridgehead atoms. The van der Waals surface area contributed by atoms with Crippen LogP contribution in [0.4, 0.5) is 0 Å². The quantitative estimate of drug-likeness (QED) is 0.185. The molecule has 2 heterocycles. The van der Waals surface area contributed by atoms with Gasteiger partial charge in [0.2, 0.25) is 6.79 Å². The van der Waals surface area contributed by atoms with E-state index in [2.05, 4.69) is 28.8 Å². The van der Waals surface area contributed by atoms with Crippen LogP contribution in [0.25, 0.3) is 0 Å². The number of hydrogen-bond donors (Lipinski definition) is 0. The Balaban J connectivity index is 1.73. The fraction of sp³-hybridized carbons (Fsp3) is 0.826. The van der Waals surface area contributed by atoms with Crippen LogP contribution in [-0.2, 0) is 19.1 Å². The van der Waals surface area contributed by atoms with Crippen LogP contribution in [0.1, 0.15) is 25.7 Å². The van der Waals surface area contributed by atoms with Crippen molar-refractivity contribution in [2.45, 2.75) is 25.7 Å². The van der Waals surface area contributed by atoms with Gasteiger partial charge in [-0.1, -0.05) is 0 Å². The molecule has 188 valence electrons. The van der Waals surface area contributed by atoms with Crippen molar-refractivity contribution in [1.82, 2.24) is 19.6 Å². The number of guanidine groups is 2. The van der Waals surface area contributed by atoms with E-state index in [0.717, 1.165) is 63.8 Å². The van der Waals surface area contributed by atoms with Gasteiger partial charge in [-0.25, -0.2) is 0 Å². The Bertz CT molecular complexity index is 678. The Morgan fingerprint density at radius 3 is 1.24 bits per heavy atom. The van der Waals surface area contributed by atoms with E-state index in [9.17, 15) is 9.59 Å². The van der Waals surface area contributed by atoms with Gasteiger partial charge in [-0.15, -0.1) is 0 Å². The average Bonchev–Trinajstić information content (AvgIpc) is 2.73. The van der Waals surface area contributed by atoms with Crippen molar-refractivity contribution in [1.29, 1.82) is 0 Å². The second kappa shape index (κ2) is 12.1. The summed E-state index contributed by atoms with van der Waals surface area (Å²) < 4.78 is 14.8. The zero-order valence-electron chi connectivity index (χ0n) is 21.8. The number of nitrogens with zero attached hydrogens (tertiary/aromatic N) is 6. The van der Waals surface area contributed by atoms with E-state index in [1.807, 2.05) is 56.4 Å². The van der Waals surface area contributed by atoms with Crippen LogP contribution in [0.3, 0.4) is 0 Å². The first-order valence-electron chi connectivity index (χ1n) is 11.8. The molecule has 0 aromatic heterocycles. The monoisotopic (exact) mass is 468 g/mol. The number of carbonyl (C=O) groups is 2. The lowest BCUT2D eigenvalue weighted by Crippen LogP contribution is -2.49. The Labute approximate surface area is 199 Å². The first-order valence-corrected chi connectivity index (χ1v) is 11.8. The molecule has 0 unspecified atom stereocenters. The SMILES string of the molecule is CN(C)C(N1CCC(C(=O)OCOC(=O)C2CCN(C(N(C)C)=[N+](C)C)CC2)CC1)=[N+](C)C. The van der Waals surface area contributed by atoms with Gasteiger partial charge in [0.05, 0.1) is 94.4 Å². The van der Waals surface area contributed by atoms with Gasteiger partial charge < -0.3 is 9.47 Å². The number of piperidine rings is 2. The number of rotatable bonds is 4. The minimum Gasteiger partial charge on any atom is -0.428 e. The van der Waals surface area contributed by atoms with Crippen molar-refractivity contribution >= 4 is 23.9 Å². The molecule has 0 aromatic carbocycles. The molecule has 10 heteroatoms. The van der Waals surface area contributed by atoms with E-state index in [1.165, 1.54) is 0 Å². The molecule has 0 radical (unpaired) electrons. The maximum atomic E-state index is 12.5. The highest BCUT2D eigenvalue weighted by Crippen LogP contribution is 2.21. The molecule has 2 fully saturated rings. The first-order chi connectivity index (χ1) is 15.5. The van der Waals surface area contributed by atoms with Crippen molar-refractivity contribution in [3.63, 3.8) is 0 Å². The highest BCUT2D eigenvalue weighted by atomic mass is 16.7. The van der Waals surface area contributed by atoms with Crippen LogP contribution in [0, 0.1) is 11.8 Å². The number of hydrogen-bond acceptors (Lipinski definition) is 4. The van der Waals surface area contributed by atoms with Gasteiger partial charge in [-0.05, 0) is 25.7 Å². The predicted molar refractivity (Wildman–Crippen MR) is 127 cm³/mol. The second-order valence-corrected chi connectivity index (χ2v) is 9.74. The minimum atomic E-state index is -0.294. The van der Waals surface area contributed by atoms with E-state index in [0.29, 0.717) is 0 Å². The highest BCUT2D eigenvalue weighted by molar-refractivity contribution is 5.77. The maximum Gasteiger partial charge on any atom is 0.349 e. The Hall–Kier alpha value is -2.52. The molecular formula is C23H44N6O4+2. The first kappa shape index (κ1) is 26.7. The summed E-state index contributed by atoms with van der Waals surface area (Å²) in [6, 6.07) is 0. The summed E-state index contributed by atoms with van der Waals surface area (Å²) in [5.74, 6) is 1.40. The largest absolute Gasteiger partial charge is 0.428 e. The Morgan fingerprint density at radius 1 is 0.697 bits per heavy atom. The van der Waals surface area contributed by atoms with E-state index in [1.54, 1.807) is 0 Å². The number of carbonyl (C=O) groups excluding carboxylic acids is 2. The summed E-state index contributed by atoms with van der Waals surface area (Å²) in [5, 5.41) is 0. The molecule has 0 atom stereocenters. The van der Waals surface area contributed by atoms with Crippen molar-refractivity contribution < 1.29 is 28.2 Å². The van der Waals surface area contributed by atoms with E-state index in [4.69, 9.17) is 9.47 Å². The summed E-state index contributed by atoms with van der Waals surface area (Å²) in [4.78, 5) is 33.7. The smallest absolute Gasteiger partial charge is 0.349 e. The molecule has 0 aliphatic carbocycles. The summed E-state index contributed by atoms with van der Waals surface area (Å²) in [6.45, 7) is 2.88. The zero-order valence-corrected chi connectivity index (χ0v) is 21.8. The molecule has 0 saturated carbocycles. The zero-order chi connectivity index (χ0) is 24.7. The second-order valence-electron chi connectivity index (χ2n) is 9.74. The predicted octanol–water partition coefficient (Wildman–Crippen LogP) is -0.166. The van der Waals surface area contributed by atoms with Gasteiger partial charge in [-0.3, -0.25) is 38.3 Å². The normalized spacial score (nSPS) is 17.3. The van der Waals surface area contributed by atoms with E-state index in [-0.39, 0.29) is 30.6 Å². The van der Waals surface area contributed by atoms with E-state index < -0.39 is 0 Å². The van der Waals surface area contributed by atoms with Crippen LogP contribution in [-0.4, -0.2) is 142 Å². The molecule has 0 amide bonds. The van der Waals surface area contributed by atoms with Gasteiger partial charge in [0.1, 0.15) is 0 Å². The van der Waals surface area contributed by atoms with Gasteiger partial charge in [0.25, 0.3) is 0 Å². The van der Waals surface area contributed by atoms with Crippen molar-refractivity contribution in [2.24, 2.45) is 11.8 Å². The third kappa shape index (κ3) is 7.23.